The second-order valence-electron chi connectivity index (χ2n) is 7.53. The molecule has 2 aromatic carbocycles. The number of amides is 2. The van der Waals surface area contributed by atoms with Crippen LogP contribution in [0.5, 0.6) is 5.75 Å². The highest BCUT2D eigenvalue weighted by Crippen LogP contribution is 2.34. The number of likely N-dealkylation sites (N-methyl/N-ethyl adjacent to an activating group) is 1. The summed E-state index contributed by atoms with van der Waals surface area (Å²) in [6.45, 7) is 4.09. The molecular formula is C23H26N2O4. The predicted molar refractivity (Wildman–Crippen MR) is 111 cm³/mol. The minimum absolute atomic E-state index is 0.0658. The van der Waals surface area contributed by atoms with Gasteiger partial charge in [-0.3, -0.25) is 14.4 Å². The number of aryl methyl sites for hydroxylation is 2. The molecule has 0 aliphatic carbocycles. The van der Waals surface area contributed by atoms with E-state index in [4.69, 9.17) is 4.74 Å². The number of fused-ring (bicyclic) bond motifs is 1. The van der Waals surface area contributed by atoms with Crippen LogP contribution in [-0.2, 0) is 9.59 Å². The molecule has 2 aromatic rings. The number of carbonyl (C=O) groups is 3. The molecule has 0 fully saturated rings. The van der Waals surface area contributed by atoms with Crippen LogP contribution in [0.25, 0.3) is 0 Å². The fraction of sp³-hybridized carbons (Fsp3) is 0.348. The normalized spacial score (nSPS) is 15.3. The van der Waals surface area contributed by atoms with Crippen molar-refractivity contribution in [1.29, 1.82) is 0 Å². The van der Waals surface area contributed by atoms with Crippen LogP contribution >= 0.6 is 0 Å². The molecule has 0 bridgehead atoms. The van der Waals surface area contributed by atoms with Gasteiger partial charge in [0.1, 0.15) is 5.75 Å². The summed E-state index contributed by atoms with van der Waals surface area (Å²) in [7, 11) is 3.31. The number of rotatable bonds is 5. The number of para-hydroxylation sites is 2. The van der Waals surface area contributed by atoms with Gasteiger partial charge in [0.25, 0.3) is 5.91 Å². The first kappa shape index (κ1) is 20.6. The van der Waals surface area contributed by atoms with Gasteiger partial charge in [-0.15, -0.1) is 0 Å². The summed E-state index contributed by atoms with van der Waals surface area (Å²) >= 11 is 0. The van der Waals surface area contributed by atoms with Crippen molar-refractivity contribution in [3.05, 3.63) is 59.2 Å². The molecule has 29 heavy (non-hydrogen) atoms. The zero-order chi connectivity index (χ0) is 21.1. The van der Waals surface area contributed by atoms with E-state index in [-0.39, 0.29) is 37.0 Å². The van der Waals surface area contributed by atoms with Crippen molar-refractivity contribution in [3.63, 3.8) is 0 Å². The minimum Gasteiger partial charge on any atom is -0.476 e. The largest absolute Gasteiger partial charge is 0.476 e. The number of Topliss-reactive ketones (excluding diaryl/α,β-unsaturated/α-hetero) is 1. The molecule has 0 radical (unpaired) electrons. The quantitative estimate of drug-likeness (QED) is 0.731. The molecule has 1 heterocycles. The molecule has 6 heteroatoms. The van der Waals surface area contributed by atoms with E-state index in [9.17, 15) is 14.4 Å². The topological polar surface area (TPSA) is 66.9 Å². The van der Waals surface area contributed by atoms with Crippen molar-refractivity contribution in [1.82, 2.24) is 4.90 Å². The van der Waals surface area contributed by atoms with Gasteiger partial charge in [-0.1, -0.05) is 24.3 Å². The third kappa shape index (κ3) is 4.47. The van der Waals surface area contributed by atoms with Gasteiger partial charge < -0.3 is 14.5 Å². The van der Waals surface area contributed by atoms with Crippen LogP contribution in [0.15, 0.2) is 42.5 Å². The maximum absolute atomic E-state index is 12.9. The Morgan fingerprint density at radius 2 is 1.76 bits per heavy atom. The van der Waals surface area contributed by atoms with Gasteiger partial charge in [0, 0.05) is 32.5 Å². The number of hydrogen-bond donors (Lipinski definition) is 0. The van der Waals surface area contributed by atoms with Gasteiger partial charge in [-0.2, -0.15) is 0 Å². The van der Waals surface area contributed by atoms with Gasteiger partial charge in [0.05, 0.1) is 12.2 Å². The van der Waals surface area contributed by atoms with Gasteiger partial charge in [0.15, 0.2) is 11.9 Å². The summed E-state index contributed by atoms with van der Waals surface area (Å²) in [5.41, 5.74) is 3.41. The first-order valence-electron chi connectivity index (χ1n) is 9.65. The SMILES string of the molecule is Cc1ccc(C(=O)CCC(=O)N2CC(C(=O)N(C)C)Oc3ccccc32)cc1C. The average molecular weight is 394 g/mol. The fourth-order valence-electron chi connectivity index (χ4n) is 3.30. The van der Waals surface area contributed by atoms with Crippen LogP contribution in [-0.4, -0.2) is 49.2 Å². The van der Waals surface area contributed by atoms with Gasteiger partial charge in [0.2, 0.25) is 5.91 Å². The summed E-state index contributed by atoms with van der Waals surface area (Å²) < 4.78 is 5.80. The average Bonchev–Trinajstić information content (AvgIpc) is 2.72. The zero-order valence-corrected chi connectivity index (χ0v) is 17.3. The summed E-state index contributed by atoms with van der Waals surface area (Å²) in [4.78, 5) is 40.9. The summed E-state index contributed by atoms with van der Waals surface area (Å²) in [6, 6.07) is 12.7. The lowest BCUT2D eigenvalue weighted by Crippen LogP contribution is -2.50. The Balaban J connectivity index is 1.74. The van der Waals surface area contributed by atoms with Gasteiger partial charge >= 0.3 is 0 Å². The van der Waals surface area contributed by atoms with Crippen LogP contribution in [0.2, 0.25) is 0 Å². The molecule has 1 unspecified atom stereocenters. The molecular weight excluding hydrogens is 368 g/mol. The molecule has 6 nitrogen and oxygen atoms in total. The Bertz CT molecular complexity index is 952. The number of nitrogens with zero attached hydrogens (tertiary/aromatic N) is 2. The van der Waals surface area contributed by atoms with E-state index in [1.165, 1.54) is 4.90 Å². The second kappa shape index (κ2) is 8.47. The van der Waals surface area contributed by atoms with E-state index < -0.39 is 6.10 Å². The van der Waals surface area contributed by atoms with Crippen LogP contribution in [0.1, 0.15) is 34.3 Å². The molecule has 0 saturated heterocycles. The smallest absolute Gasteiger partial charge is 0.265 e. The maximum atomic E-state index is 12.9. The summed E-state index contributed by atoms with van der Waals surface area (Å²) in [5, 5.41) is 0. The molecule has 1 atom stereocenters. The highest BCUT2D eigenvalue weighted by atomic mass is 16.5. The lowest BCUT2D eigenvalue weighted by Gasteiger charge is -2.35. The monoisotopic (exact) mass is 394 g/mol. The molecule has 1 aliphatic heterocycles. The Morgan fingerprint density at radius 1 is 1.03 bits per heavy atom. The Hall–Kier alpha value is -3.15. The Morgan fingerprint density at radius 3 is 2.45 bits per heavy atom. The molecule has 0 N–H and O–H groups in total. The van der Waals surface area contributed by atoms with Gasteiger partial charge in [-0.25, -0.2) is 0 Å². The lowest BCUT2D eigenvalue weighted by molar-refractivity contribution is -0.136. The van der Waals surface area contributed by atoms with Crippen LogP contribution in [0.3, 0.4) is 0 Å². The van der Waals surface area contributed by atoms with Crippen molar-refractivity contribution in [2.75, 3.05) is 25.5 Å². The van der Waals surface area contributed by atoms with Crippen molar-refractivity contribution in [2.24, 2.45) is 0 Å². The molecule has 3 rings (SSSR count). The molecule has 0 aromatic heterocycles. The van der Waals surface area contributed by atoms with E-state index in [2.05, 4.69) is 0 Å². The number of anilines is 1. The van der Waals surface area contributed by atoms with Crippen molar-refractivity contribution < 1.29 is 19.1 Å². The first-order valence-corrected chi connectivity index (χ1v) is 9.65. The minimum atomic E-state index is -0.765. The lowest BCUT2D eigenvalue weighted by atomic mass is 10.0. The number of hydrogen-bond acceptors (Lipinski definition) is 4. The van der Waals surface area contributed by atoms with E-state index in [1.807, 2.05) is 32.0 Å². The Labute approximate surface area is 171 Å². The third-order valence-electron chi connectivity index (χ3n) is 5.19. The first-order chi connectivity index (χ1) is 13.8. The number of ether oxygens (including phenoxy) is 1. The Kier molecular flexibility index (Phi) is 6.01. The molecule has 2 amide bonds. The summed E-state index contributed by atoms with van der Waals surface area (Å²) in [6.07, 6.45) is -0.574. The van der Waals surface area contributed by atoms with E-state index in [1.54, 1.807) is 43.3 Å². The second-order valence-corrected chi connectivity index (χ2v) is 7.53. The van der Waals surface area contributed by atoms with Crippen molar-refractivity contribution in [2.45, 2.75) is 32.8 Å². The van der Waals surface area contributed by atoms with Crippen LogP contribution in [0, 0.1) is 13.8 Å². The van der Waals surface area contributed by atoms with Gasteiger partial charge in [-0.05, 0) is 43.2 Å². The molecule has 152 valence electrons. The maximum Gasteiger partial charge on any atom is 0.265 e. The highest BCUT2D eigenvalue weighted by molar-refractivity contribution is 6.02. The zero-order valence-electron chi connectivity index (χ0n) is 17.3. The van der Waals surface area contributed by atoms with Crippen molar-refractivity contribution in [3.8, 4) is 5.75 Å². The fourth-order valence-corrected chi connectivity index (χ4v) is 3.30. The molecule has 0 spiro atoms. The third-order valence-corrected chi connectivity index (χ3v) is 5.19. The number of benzene rings is 2. The number of ketones is 1. The van der Waals surface area contributed by atoms with E-state index in [0.717, 1.165) is 11.1 Å². The van der Waals surface area contributed by atoms with E-state index in [0.29, 0.717) is 17.0 Å². The number of carbonyl (C=O) groups excluding carboxylic acids is 3. The van der Waals surface area contributed by atoms with Crippen molar-refractivity contribution >= 4 is 23.3 Å². The standard InChI is InChI=1S/C23H26N2O4/c1-15-9-10-17(13-16(15)2)19(26)11-12-22(27)25-14-21(23(28)24(3)4)29-20-8-6-5-7-18(20)25/h5-10,13,21H,11-12,14H2,1-4H3. The van der Waals surface area contributed by atoms with Crippen LogP contribution < -0.4 is 9.64 Å². The highest BCUT2D eigenvalue weighted by Gasteiger charge is 2.34. The summed E-state index contributed by atoms with van der Waals surface area (Å²) in [5.74, 6) is 0.0229. The molecule has 1 aliphatic rings. The molecule has 0 saturated carbocycles. The van der Waals surface area contributed by atoms with Crippen LogP contribution in [0.4, 0.5) is 5.69 Å². The van der Waals surface area contributed by atoms with E-state index >= 15 is 0 Å². The predicted octanol–water partition coefficient (Wildman–Crippen LogP) is 3.15.